The van der Waals surface area contributed by atoms with E-state index >= 15 is 0 Å². The predicted octanol–water partition coefficient (Wildman–Crippen LogP) is 2.60. The molecule has 0 bridgehead atoms. The first-order valence-electron chi connectivity index (χ1n) is 6.73. The standard InChI is InChI=1S/C16H16N4O2/c1-9-4-10(8-18-7-9)16-19-12-6-14(22-3)13(21-2)5-11(12)15(17)20-16/h4-8H,1-3H3,(H2,17,19,20). The highest BCUT2D eigenvalue weighted by molar-refractivity contribution is 5.92. The van der Waals surface area contributed by atoms with E-state index in [1.165, 1.54) is 0 Å². The SMILES string of the molecule is COc1cc2nc(-c3cncc(C)c3)nc(N)c2cc1OC. The molecule has 6 heteroatoms. The summed E-state index contributed by atoms with van der Waals surface area (Å²) in [6.07, 6.45) is 3.50. The molecular weight excluding hydrogens is 280 g/mol. The zero-order valence-corrected chi connectivity index (χ0v) is 12.6. The highest BCUT2D eigenvalue weighted by Crippen LogP contribution is 2.34. The van der Waals surface area contributed by atoms with E-state index in [4.69, 9.17) is 15.2 Å². The van der Waals surface area contributed by atoms with Crippen LogP contribution in [0, 0.1) is 6.92 Å². The van der Waals surface area contributed by atoms with Crippen LogP contribution in [0.5, 0.6) is 11.5 Å². The molecule has 0 aliphatic carbocycles. The van der Waals surface area contributed by atoms with Gasteiger partial charge in [-0.2, -0.15) is 0 Å². The number of hydrogen-bond acceptors (Lipinski definition) is 6. The number of rotatable bonds is 3. The van der Waals surface area contributed by atoms with Crippen LogP contribution in [0.3, 0.4) is 0 Å². The normalized spacial score (nSPS) is 10.7. The lowest BCUT2D eigenvalue weighted by Crippen LogP contribution is -2.00. The molecule has 2 heterocycles. The Morgan fingerprint density at radius 1 is 0.955 bits per heavy atom. The second kappa shape index (κ2) is 5.48. The van der Waals surface area contributed by atoms with Crippen molar-refractivity contribution in [3.63, 3.8) is 0 Å². The molecule has 0 unspecified atom stereocenters. The number of benzene rings is 1. The van der Waals surface area contributed by atoms with Crippen molar-refractivity contribution in [3.05, 3.63) is 36.2 Å². The van der Waals surface area contributed by atoms with Crippen LogP contribution in [0.1, 0.15) is 5.56 Å². The van der Waals surface area contributed by atoms with Gasteiger partial charge in [0.05, 0.1) is 19.7 Å². The van der Waals surface area contributed by atoms with Crippen molar-refractivity contribution < 1.29 is 9.47 Å². The Morgan fingerprint density at radius 2 is 1.68 bits per heavy atom. The fraction of sp³-hybridized carbons (Fsp3) is 0.188. The predicted molar refractivity (Wildman–Crippen MR) is 85.0 cm³/mol. The average Bonchev–Trinajstić information content (AvgIpc) is 2.53. The Morgan fingerprint density at radius 3 is 2.36 bits per heavy atom. The van der Waals surface area contributed by atoms with Crippen LogP contribution in [0.4, 0.5) is 5.82 Å². The zero-order valence-electron chi connectivity index (χ0n) is 12.6. The van der Waals surface area contributed by atoms with Crippen molar-refractivity contribution >= 4 is 16.7 Å². The molecule has 3 rings (SSSR count). The highest BCUT2D eigenvalue weighted by atomic mass is 16.5. The number of nitrogens with zero attached hydrogens (tertiary/aromatic N) is 3. The fourth-order valence-corrected chi connectivity index (χ4v) is 2.29. The monoisotopic (exact) mass is 296 g/mol. The van der Waals surface area contributed by atoms with Crippen LogP contribution >= 0.6 is 0 Å². The molecular formula is C16H16N4O2. The third-order valence-electron chi connectivity index (χ3n) is 3.36. The summed E-state index contributed by atoms with van der Waals surface area (Å²) in [5.41, 5.74) is 8.63. The van der Waals surface area contributed by atoms with Gasteiger partial charge in [0.15, 0.2) is 17.3 Å². The lowest BCUT2D eigenvalue weighted by molar-refractivity contribution is 0.356. The van der Waals surface area contributed by atoms with Crippen LogP contribution < -0.4 is 15.2 Å². The topological polar surface area (TPSA) is 83.2 Å². The van der Waals surface area contributed by atoms with Gasteiger partial charge in [-0.1, -0.05) is 0 Å². The summed E-state index contributed by atoms with van der Waals surface area (Å²) >= 11 is 0. The van der Waals surface area contributed by atoms with Gasteiger partial charge in [0, 0.05) is 29.4 Å². The van der Waals surface area contributed by atoms with E-state index in [1.807, 2.05) is 13.0 Å². The van der Waals surface area contributed by atoms with Gasteiger partial charge in [-0.3, -0.25) is 4.98 Å². The molecule has 2 N–H and O–H groups in total. The van der Waals surface area contributed by atoms with Gasteiger partial charge >= 0.3 is 0 Å². The minimum absolute atomic E-state index is 0.391. The fourth-order valence-electron chi connectivity index (χ4n) is 2.29. The maximum atomic E-state index is 6.08. The molecule has 0 aliphatic heterocycles. The van der Waals surface area contributed by atoms with Gasteiger partial charge < -0.3 is 15.2 Å². The first kappa shape index (κ1) is 14.1. The van der Waals surface area contributed by atoms with Gasteiger partial charge in [-0.25, -0.2) is 9.97 Å². The van der Waals surface area contributed by atoms with E-state index in [2.05, 4.69) is 15.0 Å². The number of fused-ring (bicyclic) bond motifs is 1. The zero-order chi connectivity index (χ0) is 15.7. The van der Waals surface area contributed by atoms with Crippen LogP contribution in [0.15, 0.2) is 30.6 Å². The molecule has 0 amide bonds. The van der Waals surface area contributed by atoms with E-state index in [-0.39, 0.29) is 0 Å². The quantitative estimate of drug-likeness (QED) is 0.800. The third kappa shape index (κ3) is 2.39. The van der Waals surface area contributed by atoms with E-state index in [0.29, 0.717) is 28.7 Å². The molecule has 6 nitrogen and oxygen atoms in total. The number of methoxy groups -OCH3 is 2. The Bertz CT molecular complexity index is 849. The number of nitrogen functional groups attached to an aromatic ring is 1. The molecule has 0 saturated heterocycles. The Kier molecular flexibility index (Phi) is 3.50. The van der Waals surface area contributed by atoms with E-state index < -0.39 is 0 Å². The van der Waals surface area contributed by atoms with Gasteiger partial charge in [-0.05, 0) is 24.6 Å². The Hall–Kier alpha value is -2.89. The van der Waals surface area contributed by atoms with E-state index in [9.17, 15) is 0 Å². The second-order valence-corrected chi connectivity index (χ2v) is 4.91. The Labute approximate surface area is 127 Å². The number of anilines is 1. The molecule has 22 heavy (non-hydrogen) atoms. The first-order chi connectivity index (χ1) is 10.6. The lowest BCUT2D eigenvalue weighted by Gasteiger charge is -2.11. The molecule has 0 atom stereocenters. The molecule has 0 radical (unpaired) electrons. The summed E-state index contributed by atoms with van der Waals surface area (Å²) in [6, 6.07) is 5.54. The number of aromatic nitrogens is 3. The maximum Gasteiger partial charge on any atom is 0.163 e. The van der Waals surface area contributed by atoms with Crippen molar-refractivity contribution in [1.82, 2.24) is 15.0 Å². The molecule has 2 aromatic heterocycles. The maximum absolute atomic E-state index is 6.08. The number of pyridine rings is 1. The minimum atomic E-state index is 0.391. The van der Waals surface area contributed by atoms with Gasteiger partial charge in [0.25, 0.3) is 0 Å². The van der Waals surface area contributed by atoms with Gasteiger partial charge in [0.2, 0.25) is 0 Å². The average molecular weight is 296 g/mol. The molecule has 0 fully saturated rings. The molecule has 0 saturated carbocycles. The third-order valence-corrected chi connectivity index (χ3v) is 3.36. The highest BCUT2D eigenvalue weighted by Gasteiger charge is 2.12. The van der Waals surface area contributed by atoms with E-state index in [1.54, 1.807) is 38.7 Å². The lowest BCUT2D eigenvalue weighted by atomic mass is 10.1. The van der Waals surface area contributed by atoms with Crippen LogP contribution in [0.25, 0.3) is 22.3 Å². The van der Waals surface area contributed by atoms with Crippen LogP contribution in [-0.2, 0) is 0 Å². The largest absolute Gasteiger partial charge is 0.493 e. The van der Waals surface area contributed by atoms with E-state index in [0.717, 1.165) is 16.5 Å². The molecule has 3 aromatic rings. The summed E-state index contributed by atoms with van der Waals surface area (Å²) in [6.45, 7) is 1.97. The molecule has 1 aromatic carbocycles. The van der Waals surface area contributed by atoms with Crippen molar-refractivity contribution in [1.29, 1.82) is 0 Å². The summed E-state index contributed by atoms with van der Waals surface area (Å²) in [7, 11) is 3.16. The first-order valence-corrected chi connectivity index (χ1v) is 6.73. The van der Waals surface area contributed by atoms with Gasteiger partial charge in [-0.15, -0.1) is 0 Å². The number of nitrogens with two attached hydrogens (primary N) is 1. The number of hydrogen-bond donors (Lipinski definition) is 1. The molecule has 0 aliphatic rings. The summed E-state index contributed by atoms with van der Waals surface area (Å²) in [5.74, 6) is 2.12. The van der Waals surface area contributed by atoms with Crippen molar-refractivity contribution in [2.45, 2.75) is 6.92 Å². The summed E-state index contributed by atoms with van der Waals surface area (Å²) in [4.78, 5) is 13.1. The van der Waals surface area contributed by atoms with Crippen molar-refractivity contribution in [2.75, 3.05) is 20.0 Å². The van der Waals surface area contributed by atoms with Crippen LogP contribution in [0.2, 0.25) is 0 Å². The van der Waals surface area contributed by atoms with Gasteiger partial charge in [0.1, 0.15) is 5.82 Å². The second-order valence-electron chi connectivity index (χ2n) is 4.91. The molecule has 0 spiro atoms. The molecule has 112 valence electrons. The number of ether oxygens (including phenoxy) is 2. The minimum Gasteiger partial charge on any atom is -0.493 e. The summed E-state index contributed by atoms with van der Waals surface area (Å²) in [5, 5.41) is 0.724. The smallest absolute Gasteiger partial charge is 0.163 e. The van der Waals surface area contributed by atoms with Crippen molar-refractivity contribution in [3.8, 4) is 22.9 Å². The summed E-state index contributed by atoms with van der Waals surface area (Å²) < 4.78 is 10.6. The Balaban J connectivity index is 2.23. The number of aryl methyl sites for hydroxylation is 1. The van der Waals surface area contributed by atoms with Crippen molar-refractivity contribution in [2.24, 2.45) is 0 Å². The van der Waals surface area contributed by atoms with Crippen LogP contribution in [-0.4, -0.2) is 29.2 Å².